The summed E-state index contributed by atoms with van der Waals surface area (Å²) in [6, 6.07) is 10.1. The monoisotopic (exact) mass is 600 g/mol. The van der Waals surface area contributed by atoms with Crippen LogP contribution in [0.2, 0.25) is 10.0 Å². The largest absolute Gasteiger partial charge is 0.507 e. The van der Waals surface area contributed by atoms with Crippen LogP contribution in [-0.2, 0) is 14.3 Å². The van der Waals surface area contributed by atoms with Crippen molar-refractivity contribution in [1.29, 1.82) is 0 Å². The highest BCUT2D eigenvalue weighted by molar-refractivity contribution is 7.17. The summed E-state index contributed by atoms with van der Waals surface area (Å²) in [6.45, 7) is 7.74. The lowest BCUT2D eigenvalue weighted by Gasteiger charge is -2.23. The van der Waals surface area contributed by atoms with Crippen LogP contribution in [0.3, 0.4) is 0 Å². The lowest BCUT2D eigenvalue weighted by molar-refractivity contribution is -0.132. The van der Waals surface area contributed by atoms with Gasteiger partial charge in [-0.2, -0.15) is 0 Å². The molecule has 0 radical (unpaired) electrons. The van der Waals surface area contributed by atoms with E-state index in [0.29, 0.717) is 29.2 Å². The fourth-order valence-electron chi connectivity index (χ4n) is 4.10. The number of thiazole rings is 1. The first-order valence-electron chi connectivity index (χ1n) is 12.4. The van der Waals surface area contributed by atoms with Crippen molar-refractivity contribution in [1.82, 2.24) is 4.98 Å². The van der Waals surface area contributed by atoms with E-state index in [2.05, 4.69) is 18.5 Å². The lowest BCUT2D eigenvalue weighted by Crippen LogP contribution is -2.29. The number of ketones is 1. The number of unbranched alkanes of at least 4 members (excludes halogenated alkanes) is 1. The number of aryl methyl sites for hydroxylation is 1. The summed E-state index contributed by atoms with van der Waals surface area (Å²) in [5.74, 6) is -2.24. The summed E-state index contributed by atoms with van der Waals surface area (Å²) in [4.78, 5) is 45.1. The maximum atomic E-state index is 13.4. The number of carbonyl (C=O) groups is 3. The zero-order chi connectivity index (χ0) is 29.0. The molecule has 3 aromatic rings. The minimum atomic E-state index is -1.10. The first kappa shape index (κ1) is 29.3. The van der Waals surface area contributed by atoms with Gasteiger partial charge in [-0.15, -0.1) is 0 Å². The van der Waals surface area contributed by atoms with Crippen molar-refractivity contribution in [3.05, 3.63) is 92.4 Å². The summed E-state index contributed by atoms with van der Waals surface area (Å²) in [6.07, 6.45) is 3.32. The molecule has 0 aliphatic carbocycles. The summed E-state index contributed by atoms with van der Waals surface area (Å²) in [7, 11) is 0. The average Bonchev–Trinajstić information content (AvgIpc) is 3.45. The Labute approximate surface area is 245 Å². The number of anilines is 1. The average molecular weight is 602 g/mol. The van der Waals surface area contributed by atoms with E-state index in [-0.39, 0.29) is 38.0 Å². The summed E-state index contributed by atoms with van der Waals surface area (Å²) in [5, 5.41) is 11.9. The van der Waals surface area contributed by atoms with Gasteiger partial charge in [-0.25, -0.2) is 9.78 Å². The molecule has 0 bridgehead atoms. The topological polar surface area (TPSA) is 106 Å². The highest BCUT2D eigenvalue weighted by Gasteiger charge is 2.48. The molecule has 4 rings (SSSR count). The Bertz CT molecular complexity index is 1500. The number of hydrogen-bond acceptors (Lipinski definition) is 8. The van der Waals surface area contributed by atoms with Crippen molar-refractivity contribution in [2.75, 3.05) is 18.1 Å². The number of benzene rings is 2. The number of Topliss-reactive ketones (excluding diaryl/α,β-unsaturated/α-hetero) is 1. The Morgan fingerprint density at radius 1 is 1.18 bits per heavy atom. The second-order valence-corrected chi connectivity index (χ2v) is 10.7. The number of aliphatic hydroxyl groups excluding tert-OH is 1. The van der Waals surface area contributed by atoms with Crippen molar-refractivity contribution in [2.24, 2.45) is 0 Å². The number of esters is 1. The zero-order valence-electron chi connectivity index (χ0n) is 21.8. The van der Waals surface area contributed by atoms with Crippen LogP contribution in [0.4, 0.5) is 5.13 Å². The number of halogens is 2. The normalized spacial score (nSPS) is 16.3. The third-order valence-corrected chi connectivity index (χ3v) is 7.98. The van der Waals surface area contributed by atoms with Gasteiger partial charge < -0.3 is 14.6 Å². The number of ether oxygens (including phenoxy) is 2. The molecule has 1 fully saturated rings. The van der Waals surface area contributed by atoms with Crippen molar-refractivity contribution < 1.29 is 29.0 Å². The van der Waals surface area contributed by atoms with E-state index >= 15 is 0 Å². The van der Waals surface area contributed by atoms with Crippen molar-refractivity contribution in [2.45, 2.75) is 32.7 Å². The van der Waals surface area contributed by atoms with Crippen LogP contribution >= 0.6 is 34.5 Å². The van der Waals surface area contributed by atoms with E-state index < -0.39 is 23.7 Å². The third-order valence-electron chi connectivity index (χ3n) is 6.11. The van der Waals surface area contributed by atoms with Crippen LogP contribution in [0.5, 0.6) is 5.75 Å². The van der Waals surface area contributed by atoms with Crippen molar-refractivity contribution in [3.8, 4) is 5.75 Å². The van der Waals surface area contributed by atoms with Gasteiger partial charge in [0.15, 0.2) is 5.13 Å². The highest BCUT2D eigenvalue weighted by atomic mass is 35.5. The molecule has 1 aliphatic heterocycles. The quantitative estimate of drug-likeness (QED) is 0.0673. The van der Waals surface area contributed by atoms with Crippen LogP contribution in [0, 0.1) is 6.92 Å². The molecule has 1 unspecified atom stereocenters. The summed E-state index contributed by atoms with van der Waals surface area (Å²) < 4.78 is 10.8. The van der Waals surface area contributed by atoms with Gasteiger partial charge in [-0.3, -0.25) is 14.5 Å². The molecule has 8 nitrogen and oxygen atoms in total. The second kappa shape index (κ2) is 12.7. The molecule has 11 heteroatoms. The Morgan fingerprint density at radius 3 is 2.55 bits per heavy atom. The van der Waals surface area contributed by atoms with E-state index in [4.69, 9.17) is 32.7 Å². The predicted octanol–water partition coefficient (Wildman–Crippen LogP) is 6.91. The third kappa shape index (κ3) is 5.91. The molecule has 2 heterocycles. The molecule has 2 aromatic carbocycles. The van der Waals surface area contributed by atoms with E-state index in [1.165, 1.54) is 18.2 Å². The standard InChI is InChI=1S/C29H26Cl2N2O6S/c1-4-6-14-38-19-10-7-17(8-11-19)24(34)22-23(18-9-12-20(30)21(31)15-18)33(27(36)25(22)35)29-32-16(3)26(40-29)28(37)39-13-5-2/h5,7-12,15,23,34H,2,4,6,13-14H2,1,3H3. The van der Waals surface area contributed by atoms with Gasteiger partial charge in [-0.05, 0) is 55.3 Å². The minimum absolute atomic E-state index is 0.00171. The molecule has 40 heavy (non-hydrogen) atoms. The van der Waals surface area contributed by atoms with Gasteiger partial charge in [-0.1, -0.05) is 66.6 Å². The molecule has 1 aromatic heterocycles. The zero-order valence-corrected chi connectivity index (χ0v) is 24.1. The molecule has 1 atom stereocenters. The van der Waals surface area contributed by atoms with Gasteiger partial charge in [0.05, 0.1) is 34.0 Å². The molecular weight excluding hydrogens is 575 g/mol. The van der Waals surface area contributed by atoms with Crippen LogP contribution in [0.15, 0.2) is 60.7 Å². The Morgan fingerprint density at radius 2 is 1.90 bits per heavy atom. The summed E-state index contributed by atoms with van der Waals surface area (Å²) >= 11 is 13.3. The minimum Gasteiger partial charge on any atom is -0.507 e. The van der Waals surface area contributed by atoms with E-state index in [9.17, 15) is 19.5 Å². The van der Waals surface area contributed by atoms with Gasteiger partial charge in [0.2, 0.25) is 0 Å². The molecule has 0 spiro atoms. The SMILES string of the molecule is C=CCOC(=O)c1sc(N2C(=O)C(=O)C(=C(O)c3ccc(OCCCC)cc3)C2c2ccc(Cl)c(Cl)c2)nc1C. The lowest BCUT2D eigenvalue weighted by atomic mass is 9.95. The highest BCUT2D eigenvalue weighted by Crippen LogP contribution is 2.45. The molecule has 208 valence electrons. The van der Waals surface area contributed by atoms with Crippen LogP contribution < -0.4 is 9.64 Å². The van der Waals surface area contributed by atoms with E-state index in [0.717, 1.165) is 29.1 Å². The van der Waals surface area contributed by atoms with Gasteiger partial charge in [0, 0.05) is 5.56 Å². The smallest absolute Gasteiger partial charge is 0.350 e. The van der Waals surface area contributed by atoms with Gasteiger partial charge in [0.25, 0.3) is 5.78 Å². The number of nitrogens with zero attached hydrogens (tertiary/aromatic N) is 2. The fourth-order valence-corrected chi connectivity index (χ4v) is 5.40. The second-order valence-electron chi connectivity index (χ2n) is 8.87. The predicted molar refractivity (Wildman–Crippen MR) is 155 cm³/mol. The molecular formula is C29H26Cl2N2O6S. The van der Waals surface area contributed by atoms with Crippen molar-refractivity contribution in [3.63, 3.8) is 0 Å². The van der Waals surface area contributed by atoms with Gasteiger partial charge >= 0.3 is 11.9 Å². The molecule has 1 N–H and O–H groups in total. The fraction of sp³-hybridized carbons (Fsp3) is 0.241. The molecule has 1 amide bonds. The molecule has 1 saturated heterocycles. The van der Waals surface area contributed by atoms with E-state index in [1.54, 1.807) is 37.3 Å². The van der Waals surface area contributed by atoms with E-state index in [1.807, 2.05) is 0 Å². The number of hydrogen-bond donors (Lipinski definition) is 1. The number of aliphatic hydroxyl groups is 1. The van der Waals surface area contributed by atoms with Crippen LogP contribution in [0.25, 0.3) is 5.76 Å². The number of aromatic nitrogens is 1. The maximum Gasteiger partial charge on any atom is 0.350 e. The molecule has 1 aliphatic rings. The maximum absolute atomic E-state index is 13.4. The molecule has 0 saturated carbocycles. The van der Waals surface area contributed by atoms with Crippen LogP contribution in [-0.4, -0.2) is 41.0 Å². The number of rotatable bonds is 10. The Hall–Kier alpha value is -3.66. The van der Waals surface area contributed by atoms with Crippen LogP contribution in [0.1, 0.15) is 52.3 Å². The van der Waals surface area contributed by atoms with Crippen molar-refractivity contribution >= 4 is 63.1 Å². The Kier molecular flexibility index (Phi) is 9.29. The first-order chi connectivity index (χ1) is 19.2. The number of carbonyl (C=O) groups excluding carboxylic acids is 3. The number of amides is 1. The van der Waals surface area contributed by atoms with Gasteiger partial charge in [0.1, 0.15) is 23.0 Å². The first-order valence-corrected chi connectivity index (χ1v) is 14.0. The summed E-state index contributed by atoms with van der Waals surface area (Å²) in [5.41, 5.74) is 0.891. The Balaban J connectivity index is 1.82.